The van der Waals surface area contributed by atoms with Crippen molar-refractivity contribution in [2.45, 2.75) is 20.0 Å². The van der Waals surface area contributed by atoms with Crippen LogP contribution in [-0.2, 0) is 0 Å². The SMILES string of the molecule is CC(C)(C#N)C(O)c1ccc2c(c1)OCO2. The third-order valence-corrected chi connectivity index (χ3v) is 2.68. The van der Waals surface area contributed by atoms with Gasteiger partial charge in [-0.25, -0.2) is 0 Å². The highest BCUT2D eigenvalue weighted by molar-refractivity contribution is 5.45. The molecule has 1 aliphatic heterocycles. The summed E-state index contributed by atoms with van der Waals surface area (Å²) in [7, 11) is 0. The zero-order chi connectivity index (χ0) is 11.8. The van der Waals surface area contributed by atoms with Crippen molar-refractivity contribution >= 4 is 0 Å². The van der Waals surface area contributed by atoms with Gasteiger partial charge in [-0.05, 0) is 31.5 Å². The van der Waals surface area contributed by atoms with Crippen molar-refractivity contribution in [1.82, 2.24) is 0 Å². The topological polar surface area (TPSA) is 62.5 Å². The van der Waals surface area contributed by atoms with Crippen molar-refractivity contribution in [3.05, 3.63) is 23.8 Å². The number of fused-ring (bicyclic) bond motifs is 1. The van der Waals surface area contributed by atoms with E-state index in [2.05, 4.69) is 6.07 Å². The van der Waals surface area contributed by atoms with E-state index >= 15 is 0 Å². The Morgan fingerprint density at radius 1 is 1.38 bits per heavy atom. The molecule has 2 rings (SSSR count). The minimum atomic E-state index is -0.841. The molecule has 1 aliphatic rings. The molecule has 1 aromatic carbocycles. The van der Waals surface area contributed by atoms with Gasteiger partial charge >= 0.3 is 0 Å². The summed E-state index contributed by atoms with van der Waals surface area (Å²) < 4.78 is 10.4. The molecule has 1 heterocycles. The molecule has 0 amide bonds. The van der Waals surface area contributed by atoms with E-state index < -0.39 is 11.5 Å². The first-order chi connectivity index (χ1) is 7.54. The highest BCUT2D eigenvalue weighted by Crippen LogP contribution is 2.38. The summed E-state index contributed by atoms with van der Waals surface area (Å²) in [5, 5.41) is 19.0. The third kappa shape index (κ3) is 1.70. The van der Waals surface area contributed by atoms with Crippen LogP contribution in [0.3, 0.4) is 0 Å². The summed E-state index contributed by atoms with van der Waals surface area (Å²) in [6.45, 7) is 3.60. The first-order valence-corrected chi connectivity index (χ1v) is 5.03. The van der Waals surface area contributed by atoms with Crippen LogP contribution in [0, 0.1) is 16.7 Å². The first-order valence-electron chi connectivity index (χ1n) is 5.03. The van der Waals surface area contributed by atoms with Crippen LogP contribution in [0.5, 0.6) is 11.5 Å². The van der Waals surface area contributed by atoms with Gasteiger partial charge in [0.25, 0.3) is 0 Å². The zero-order valence-corrected chi connectivity index (χ0v) is 9.23. The van der Waals surface area contributed by atoms with Gasteiger partial charge in [-0.3, -0.25) is 0 Å². The molecule has 0 fully saturated rings. The number of ether oxygens (including phenoxy) is 2. The molecular weight excluding hydrogens is 206 g/mol. The van der Waals surface area contributed by atoms with E-state index in [0.717, 1.165) is 0 Å². The van der Waals surface area contributed by atoms with E-state index in [0.29, 0.717) is 17.1 Å². The lowest BCUT2D eigenvalue weighted by Crippen LogP contribution is -2.19. The van der Waals surface area contributed by atoms with Crippen LogP contribution in [0.4, 0.5) is 0 Å². The number of hydrogen-bond acceptors (Lipinski definition) is 4. The Labute approximate surface area is 94.0 Å². The molecule has 1 aromatic rings. The molecule has 4 nitrogen and oxygen atoms in total. The second-order valence-electron chi connectivity index (χ2n) is 4.35. The monoisotopic (exact) mass is 219 g/mol. The largest absolute Gasteiger partial charge is 0.454 e. The molecule has 0 spiro atoms. The van der Waals surface area contributed by atoms with Crippen molar-refractivity contribution in [3.63, 3.8) is 0 Å². The van der Waals surface area contributed by atoms with Crippen LogP contribution >= 0.6 is 0 Å². The van der Waals surface area contributed by atoms with Gasteiger partial charge in [0.1, 0.15) is 0 Å². The Hall–Kier alpha value is -1.73. The van der Waals surface area contributed by atoms with Crippen LogP contribution in [0.15, 0.2) is 18.2 Å². The molecule has 84 valence electrons. The summed E-state index contributed by atoms with van der Waals surface area (Å²) in [6.07, 6.45) is -0.841. The lowest BCUT2D eigenvalue weighted by molar-refractivity contribution is 0.0865. The van der Waals surface area contributed by atoms with E-state index in [9.17, 15) is 5.11 Å². The van der Waals surface area contributed by atoms with E-state index in [1.807, 2.05) is 0 Å². The van der Waals surface area contributed by atoms with E-state index in [1.165, 1.54) is 0 Å². The van der Waals surface area contributed by atoms with E-state index in [-0.39, 0.29) is 6.79 Å². The van der Waals surface area contributed by atoms with Gasteiger partial charge in [0.15, 0.2) is 11.5 Å². The average Bonchev–Trinajstić information content (AvgIpc) is 2.74. The van der Waals surface area contributed by atoms with Crippen molar-refractivity contribution in [3.8, 4) is 17.6 Å². The summed E-state index contributed by atoms with van der Waals surface area (Å²) >= 11 is 0. The van der Waals surface area contributed by atoms with Crippen LogP contribution in [0.25, 0.3) is 0 Å². The first kappa shape index (κ1) is 10.8. The molecule has 0 aromatic heterocycles. The number of benzene rings is 1. The van der Waals surface area contributed by atoms with Gasteiger partial charge in [-0.2, -0.15) is 5.26 Å². The van der Waals surface area contributed by atoms with Crippen LogP contribution in [0.2, 0.25) is 0 Å². The Balaban J connectivity index is 2.32. The highest BCUT2D eigenvalue weighted by atomic mass is 16.7. The van der Waals surface area contributed by atoms with Crippen molar-refractivity contribution in [1.29, 1.82) is 5.26 Å². The summed E-state index contributed by atoms with van der Waals surface area (Å²) in [5.74, 6) is 1.29. The molecular formula is C12H13NO3. The molecule has 4 heteroatoms. The molecule has 0 bridgehead atoms. The van der Waals surface area contributed by atoms with Gasteiger partial charge in [-0.15, -0.1) is 0 Å². The Bertz CT molecular complexity index is 448. The minimum Gasteiger partial charge on any atom is -0.454 e. The lowest BCUT2D eigenvalue weighted by atomic mass is 9.84. The molecule has 1 unspecified atom stereocenters. The number of aliphatic hydroxyl groups is 1. The zero-order valence-electron chi connectivity index (χ0n) is 9.23. The van der Waals surface area contributed by atoms with Crippen LogP contribution in [-0.4, -0.2) is 11.9 Å². The lowest BCUT2D eigenvalue weighted by Gasteiger charge is -2.23. The third-order valence-electron chi connectivity index (χ3n) is 2.68. The molecule has 0 aliphatic carbocycles. The maximum absolute atomic E-state index is 10.1. The second kappa shape index (κ2) is 3.69. The van der Waals surface area contributed by atoms with Gasteiger partial charge in [0, 0.05) is 0 Å². The number of nitrogens with zero attached hydrogens (tertiary/aromatic N) is 1. The average molecular weight is 219 g/mol. The quantitative estimate of drug-likeness (QED) is 0.826. The highest BCUT2D eigenvalue weighted by Gasteiger charge is 2.30. The molecule has 0 saturated carbocycles. The molecule has 0 saturated heterocycles. The molecule has 16 heavy (non-hydrogen) atoms. The number of rotatable bonds is 2. The second-order valence-corrected chi connectivity index (χ2v) is 4.35. The van der Waals surface area contributed by atoms with E-state index in [1.54, 1.807) is 32.0 Å². The van der Waals surface area contributed by atoms with Gasteiger partial charge in [-0.1, -0.05) is 6.07 Å². The minimum absolute atomic E-state index is 0.205. The maximum Gasteiger partial charge on any atom is 0.231 e. The standard InChI is InChI=1S/C12H13NO3/c1-12(2,6-13)11(14)8-3-4-9-10(5-8)16-7-15-9/h3-5,11,14H,7H2,1-2H3. The predicted molar refractivity (Wildman–Crippen MR) is 56.9 cm³/mol. The fraction of sp³-hybridized carbons (Fsp3) is 0.417. The fourth-order valence-corrected chi connectivity index (χ4v) is 1.56. The molecule has 1 N–H and O–H groups in total. The van der Waals surface area contributed by atoms with Crippen LogP contribution in [0.1, 0.15) is 25.5 Å². The Kier molecular flexibility index (Phi) is 2.49. The van der Waals surface area contributed by atoms with Crippen molar-refractivity contribution in [2.24, 2.45) is 5.41 Å². The molecule has 0 radical (unpaired) electrons. The van der Waals surface area contributed by atoms with Gasteiger partial charge in [0.05, 0.1) is 17.6 Å². The smallest absolute Gasteiger partial charge is 0.231 e. The summed E-state index contributed by atoms with van der Waals surface area (Å²) in [4.78, 5) is 0. The number of nitriles is 1. The predicted octanol–water partition coefficient (Wildman–Crippen LogP) is 2.00. The Morgan fingerprint density at radius 2 is 2.06 bits per heavy atom. The summed E-state index contributed by atoms with van der Waals surface area (Å²) in [5.41, 5.74) is -0.163. The fourth-order valence-electron chi connectivity index (χ4n) is 1.56. The van der Waals surface area contributed by atoms with Crippen LogP contribution < -0.4 is 9.47 Å². The van der Waals surface area contributed by atoms with E-state index in [4.69, 9.17) is 14.7 Å². The number of hydrogen-bond donors (Lipinski definition) is 1. The Morgan fingerprint density at radius 3 is 2.75 bits per heavy atom. The van der Waals surface area contributed by atoms with Crippen molar-refractivity contribution < 1.29 is 14.6 Å². The summed E-state index contributed by atoms with van der Waals surface area (Å²) in [6, 6.07) is 7.29. The van der Waals surface area contributed by atoms with Crippen molar-refractivity contribution in [2.75, 3.05) is 6.79 Å². The van der Waals surface area contributed by atoms with Gasteiger partial charge in [0.2, 0.25) is 6.79 Å². The number of aliphatic hydroxyl groups excluding tert-OH is 1. The van der Waals surface area contributed by atoms with Gasteiger partial charge < -0.3 is 14.6 Å². The maximum atomic E-state index is 10.1. The normalized spacial score (nSPS) is 15.6. The molecule has 1 atom stereocenters.